The van der Waals surface area contributed by atoms with Crippen molar-refractivity contribution < 1.29 is 0 Å². The normalized spacial score (nSPS) is 12.0. The van der Waals surface area contributed by atoms with Gasteiger partial charge in [-0.15, -0.1) is 0 Å². The molecule has 0 heterocycles. The van der Waals surface area contributed by atoms with E-state index in [1.165, 1.54) is 6.17 Å². The number of nitrogens with zero attached hydrogens (tertiary/aromatic N) is 2. The van der Waals surface area contributed by atoms with E-state index in [9.17, 15) is 0 Å². The second kappa shape index (κ2) is 4.69. The Kier molecular flexibility index (Phi) is 4.65. The van der Waals surface area contributed by atoms with Gasteiger partial charge in [0.15, 0.2) is 0 Å². The molecule has 2 nitrogen and oxygen atoms in total. The molecule has 0 aliphatic heterocycles. The van der Waals surface area contributed by atoms with E-state index >= 15 is 0 Å². The van der Waals surface area contributed by atoms with Gasteiger partial charge in [-0.3, -0.25) is 9.80 Å². The van der Waals surface area contributed by atoms with Gasteiger partial charge in [-0.25, -0.2) is 0 Å². The average molecular weight is 142 g/mol. The van der Waals surface area contributed by atoms with Crippen LogP contribution < -0.4 is 0 Å². The van der Waals surface area contributed by atoms with Gasteiger partial charge in [-0.05, 0) is 34.6 Å². The molecule has 0 unspecified atom stereocenters. The molecule has 0 fully saturated rings. The van der Waals surface area contributed by atoms with Crippen molar-refractivity contribution in [2.24, 2.45) is 0 Å². The van der Waals surface area contributed by atoms with Crippen LogP contribution >= 0.6 is 0 Å². The minimum absolute atomic E-state index is 0.964. The van der Waals surface area contributed by atoms with E-state index in [0.717, 1.165) is 12.8 Å². The maximum Gasteiger partial charge on any atom is 0.105 e. The van der Waals surface area contributed by atoms with Gasteiger partial charge in [0.2, 0.25) is 0 Å². The predicted octanol–water partition coefficient (Wildman–Crippen LogP) is 1.21. The fraction of sp³-hybridized carbons (Fsp3) is 0.750. The molecule has 0 aliphatic rings. The van der Waals surface area contributed by atoms with Crippen LogP contribution in [0.2, 0.25) is 0 Å². The van der Waals surface area contributed by atoms with Crippen molar-refractivity contribution in [3.05, 3.63) is 13.1 Å². The highest BCUT2D eigenvalue weighted by atomic mass is 15.3. The highest BCUT2D eigenvalue weighted by Gasteiger charge is 2.12. The second-order valence-electron chi connectivity index (χ2n) is 2.81. The Bertz CT molecular complexity index is 71.3. The lowest BCUT2D eigenvalue weighted by Gasteiger charge is -2.28. The van der Waals surface area contributed by atoms with Crippen molar-refractivity contribution >= 4 is 0 Å². The zero-order valence-electron chi connectivity index (χ0n) is 7.52. The summed E-state index contributed by atoms with van der Waals surface area (Å²) in [7, 11) is 8.24. The number of hydrogen-bond acceptors (Lipinski definition) is 2. The van der Waals surface area contributed by atoms with Gasteiger partial charge in [0, 0.05) is 0 Å². The summed E-state index contributed by atoms with van der Waals surface area (Å²) in [5.41, 5.74) is 0. The molecule has 60 valence electrons. The largest absolute Gasteiger partial charge is 0.289 e. The smallest absolute Gasteiger partial charge is 0.105 e. The summed E-state index contributed by atoms with van der Waals surface area (Å²) in [6.45, 7) is 3.82. The van der Waals surface area contributed by atoms with Gasteiger partial charge >= 0.3 is 0 Å². The van der Waals surface area contributed by atoms with Crippen LogP contribution in [0.3, 0.4) is 0 Å². The molecule has 0 saturated heterocycles. The zero-order chi connectivity index (χ0) is 8.15. The van der Waals surface area contributed by atoms with Gasteiger partial charge < -0.3 is 0 Å². The summed E-state index contributed by atoms with van der Waals surface area (Å²) >= 11 is 0. The highest BCUT2D eigenvalue weighted by molar-refractivity contribution is 4.82. The summed E-state index contributed by atoms with van der Waals surface area (Å²) in [6, 6.07) is 0. The maximum atomic E-state index is 3.82. The first kappa shape index (κ1) is 9.92. The third kappa shape index (κ3) is 3.18. The molecular formula is C8H18N2. The minimum atomic E-state index is 0.964. The van der Waals surface area contributed by atoms with Crippen LogP contribution in [-0.4, -0.2) is 38.0 Å². The lowest BCUT2D eigenvalue weighted by molar-refractivity contribution is 0.230. The van der Waals surface area contributed by atoms with Crippen molar-refractivity contribution in [1.82, 2.24) is 9.80 Å². The summed E-state index contributed by atoms with van der Waals surface area (Å²) in [6.07, 6.45) is 3.35. The zero-order valence-corrected chi connectivity index (χ0v) is 7.52. The van der Waals surface area contributed by atoms with Crippen molar-refractivity contribution in [3.63, 3.8) is 0 Å². The summed E-state index contributed by atoms with van der Waals surface area (Å²) < 4.78 is 0. The molecule has 0 aromatic carbocycles. The Balaban J connectivity index is 3.73. The van der Waals surface area contributed by atoms with Gasteiger partial charge in [-0.2, -0.15) is 0 Å². The Morgan fingerprint density at radius 2 is 1.50 bits per heavy atom. The van der Waals surface area contributed by atoms with E-state index in [4.69, 9.17) is 0 Å². The SMILES string of the molecule is [CH2]CC[C](N(C)C)N(C)C. The molecule has 0 spiro atoms. The molecule has 0 bridgehead atoms. The fourth-order valence-corrected chi connectivity index (χ4v) is 1.01. The lowest BCUT2D eigenvalue weighted by Crippen LogP contribution is -2.32. The van der Waals surface area contributed by atoms with Crippen molar-refractivity contribution in [1.29, 1.82) is 0 Å². The van der Waals surface area contributed by atoms with Crippen molar-refractivity contribution in [3.8, 4) is 0 Å². The summed E-state index contributed by atoms with van der Waals surface area (Å²) in [5.74, 6) is 0. The van der Waals surface area contributed by atoms with Crippen LogP contribution in [0.25, 0.3) is 0 Å². The van der Waals surface area contributed by atoms with E-state index in [0.29, 0.717) is 0 Å². The topological polar surface area (TPSA) is 6.48 Å². The Labute approximate surface area is 64.8 Å². The number of hydrogen-bond donors (Lipinski definition) is 0. The molecule has 0 saturated carbocycles. The van der Waals surface area contributed by atoms with Crippen LogP contribution in [0, 0.1) is 13.1 Å². The van der Waals surface area contributed by atoms with Crippen LogP contribution in [0.15, 0.2) is 0 Å². The second-order valence-corrected chi connectivity index (χ2v) is 2.81. The van der Waals surface area contributed by atoms with Crippen LogP contribution in [0.1, 0.15) is 12.8 Å². The summed E-state index contributed by atoms with van der Waals surface area (Å²) in [4.78, 5) is 4.26. The van der Waals surface area contributed by atoms with Crippen molar-refractivity contribution in [2.45, 2.75) is 12.8 Å². The Morgan fingerprint density at radius 3 is 1.60 bits per heavy atom. The Hall–Kier alpha value is -0.0800. The minimum Gasteiger partial charge on any atom is -0.289 e. The van der Waals surface area contributed by atoms with Gasteiger partial charge in [-0.1, -0.05) is 13.3 Å². The van der Waals surface area contributed by atoms with E-state index in [-0.39, 0.29) is 0 Å². The molecule has 10 heavy (non-hydrogen) atoms. The van der Waals surface area contributed by atoms with Crippen LogP contribution in [0.5, 0.6) is 0 Å². The third-order valence-electron chi connectivity index (χ3n) is 1.43. The first-order chi connectivity index (χ1) is 4.59. The standard InChI is InChI=1S/C8H18N2/c1-6-7-8(9(2)3)10(4)5/h1,6-7H2,2-5H3. The first-order valence-corrected chi connectivity index (χ1v) is 3.59. The van der Waals surface area contributed by atoms with Crippen LogP contribution in [-0.2, 0) is 0 Å². The summed E-state index contributed by atoms with van der Waals surface area (Å²) in [5, 5.41) is 0. The molecule has 0 rings (SSSR count). The first-order valence-electron chi connectivity index (χ1n) is 3.59. The average Bonchev–Trinajstić information content (AvgIpc) is 1.81. The van der Waals surface area contributed by atoms with E-state index in [1.54, 1.807) is 0 Å². The lowest BCUT2D eigenvalue weighted by atomic mass is 10.2. The molecule has 0 N–H and O–H groups in total. The van der Waals surface area contributed by atoms with Crippen molar-refractivity contribution in [2.75, 3.05) is 28.2 Å². The van der Waals surface area contributed by atoms with Crippen LogP contribution in [0.4, 0.5) is 0 Å². The predicted molar refractivity (Wildman–Crippen MR) is 45.2 cm³/mol. The molecule has 0 atom stereocenters. The molecular weight excluding hydrogens is 124 g/mol. The molecule has 0 aromatic rings. The quantitative estimate of drug-likeness (QED) is 0.582. The van der Waals surface area contributed by atoms with E-state index < -0.39 is 0 Å². The highest BCUT2D eigenvalue weighted by Crippen LogP contribution is 2.12. The molecule has 0 aromatic heterocycles. The van der Waals surface area contributed by atoms with Gasteiger partial charge in [0.1, 0.15) is 6.17 Å². The monoisotopic (exact) mass is 142 g/mol. The van der Waals surface area contributed by atoms with E-state index in [1.807, 2.05) is 0 Å². The molecule has 0 amide bonds. The van der Waals surface area contributed by atoms with Gasteiger partial charge in [0.25, 0.3) is 0 Å². The number of rotatable bonds is 4. The van der Waals surface area contributed by atoms with E-state index in [2.05, 4.69) is 44.9 Å². The van der Waals surface area contributed by atoms with Gasteiger partial charge in [0.05, 0.1) is 0 Å². The Morgan fingerprint density at radius 1 is 1.10 bits per heavy atom. The molecule has 2 heteroatoms. The fourth-order valence-electron chi connectivity index (χ4n) is 1.01. The molecule has 2 radical (unpaired) electrons. The third-order valence-corrected chi connectivity index (χ3v) is 1.43. The molecule has 0 aliphatic carbocycles. The maximum absolute atomic E-state index is 3.82.